The third-order valence-corrected chi connectivity index (χ3v) is 4.02. The molecule has 2 aromatic carbocycles. The number of Topliss-reactive ketones (excluding diaryl/α,β-unsaturated/α-hetero) is 1. The maximum absolute atomic E-state index is 13.1. The Hall–Kier alpha value is -2.17. The second kappa shape index (κ2) is 8.02. The van der Waals surface area contributed by atoms with Gasteiger partial charge in [-0.2, -0.15) is 0 Å². The zero-order valence-electron chi connectivity index (χ0n) is 15.5. The van der Waals surface area contributed by atoms with E-state index in [9.17, 15) is 9.59 Å². The molecule has 2 aromatic rings. The van der Waals surface area contributed by atoms with Crippen molar-refractivity contribution in [3.63, 3.8) is 0 Å². The first-order valence-corrected chi connectivity index (χ1v) is 8.80. The van der Waals surface area contributed by atoms with Crippen LogP contribution in [0.15, 0.2) is 54.6 Å². The van der Waals surface area contributed by atoms with Crippen LogP contribution in [0.4, 0.5) is 0 Å². The van der Waals surface area contributed by atoms with Crippen molar-refractivity contribution in [3.8, 4) is 0 Å². The van der Waals surface area contributed by atoms with Gasteiger partial charge in [-0.3, -0.25) is 10.1 Å². The van der Waals surface area contributed by atoms with Gasteiger partial charge in [-0.1, -0.05) is 54.1 Å². The second-order valence-corrected chi connectivity index (χ2v) is 7.84. The van der Waals surface area contributed by atoms with Crippen LogP contribution in [0.1, 0.15) is 43.6 Å². The Morgan fingerprint density at radius 3 is 2.23 bits per heavy atom. The summed E-state index contributed by atoms with van der Waals surface area (Å²) in [5, 5.41) is 3.56. The minimum Gasteiger partial charge on any atom is -0.459 e. The van der Waals surface area contributed by atoms with E-state index in [-0.39, 0.29) is 12.4 Å². The van der Waals surface area contributed by atoms with Gasteiger partial charge in [-0.05, 0) is 45.4 Å². The summed E-state index contributed by atoms with van der Waals surface area (Å²) >= 11 is 6.00. The Bertz CT molecular complexity index is 783. The number of hydrogen-bond donors (Lipinski definition) is 1. The van der Waals surface area contributed by atoms with Gasteiger partial charge >= 0.3 is 5.97 Å². The molecule has 0 heterocycles. The van der Waals surface area contributed by atoms with Gasteiger partial charge in [-0.25, -0.2) is 4.79 Å². The molecule has 1 atom stereocenters. The molecule has 0 aliphatic heterocycles. The van der Waals surface area contributed by atoms with Crippen LogP contribution in [0, 0.1) is 0 Å². The highest BCUT2D eigenvalue weighted by Crippen LogP contribution is 2.22. The summed E-state index contributed by atoms with van der Waals surface area (Å²) in [7, 11) is 0. The second-order valence-electron chi connectivity index (χ2n) is 7.40. The summed E-state index contributed by atoms with van der Waals surface area (Å²) in [4.78, 5) is 26.0. The standard InChI is InChI=1S/C21H24ClNO3/c1-20(2,3)23-21(4,18(24)16-11-8-12-17(22)13-16)19(25)26-14-15-9-6-5-7-10-15/h5-13,23H,14H2,1-4H3/t21-/m0/s1. The Balaban J connectivity index is 2.28. The molecule has 1 N–H and O–H groups in total. The van der Waals surface area contributed by atoms with Gasteiger partial charge in [0, 0.05) is 16.1 Å². The van der Waals surface area contributed by atoms with Crippen molar-refractivity contribution >= 4 is 23.4 Å². The molecule has 0 saturated carbocycles. The topological polar surface area (TPSA) is 55.4 Å². The van der Waals surface area contributed by atoms with Crippen LogP contribution < -0.4 is 5.32 Å². The van der Waals surface area contributed by atoms with E-state index in [0.29, 0.717) is 10.6 Å². The monoisotopic (exact) mass is 373 g/mol. The molecule has 0 aliphatic rings. The number of carbonyl (C=O) groups is 2. The van der Waals surface area contributed by atoms with Crippen LogP contribution in [-0.4, -0.2) is 22.8 Å². The SMILES string of the molecule is CC(C)(C)N[C@](C)(C(=O)OCc1ccccc1)C(=O)c1cccc(Cl)c1. The summed E-state index contributed by atoms with van der Waals surface area (Å²) in [5.41, 5.74) is -0.797. The molecule has 0 aromatic heterocycles. The number of ether oxygens (including phenoxy) is 1. The Kier molecular flexibility index (Phi) is 6.21. The predicted molar refractivity (Wildman–Crippen MR) is 103 cm³/mol. The maximum atomic E-state index is 13.1. The van der Waals surface area contributed by atoms with E-state index in [2.05, 4.69) is 5.32 Å². The third-order valence-electron chi connectivity index (χ3n) is 3.79. The van der Waals surface area contributed by atoms with Gasteiger partial charge < -0.3 is 4.74 Å². The van der Waals surface area contributed by atoms with Gasteiger partial charge in [0.15, 0.2) is 11.3 Å². The first-order chi connectivity index (χ1) is 12.1. The number of esters is 1. The van der Waals surface area contributed by atoms with Crippen LogP contribution in [0.3, 0.4) is 0 Å². The van der Waals surface area contributed by atoms with Gasteiger partial charge in [0.1, 0.15) is 6.61 Å². The highest BCUT2D eigenvalue weighted by atomic mass is 35.5. The fourth-order valence-electron chi connectivity index (χ4n) is 2.74. The van der Waals surface area contributed by atoms with Crippen molar-refractivity contribution in [2.75, 3.05) is 0 Å². The average Bonchev–Trinajstić information content (AvgIpc) is 2.58. The number of rotatable bonds is 6. The normalized spacial score (nSPS) is 13.7. The number of carbonyl (C=O) groups excluding carboxylic acids is 2. The Morgan fingerprint density at radius 1 is 1.00 bits per heavy atom. The first kappa shape index (κ1) is 20.1. The lowest BCUT2D eigenvalue weighted by molar-refractivity contribution is -0.150. The molecule has 0 amide bonds. The van der Waals surface area contributed by atoms with Crippen LogP contribution in [0.25, 0.3) is 0 Å². The smallest absolute Gasteiger partial charge is 0.334 e. The fraction of sp³-hybridized carbons (Fsp3) is 0.333. The molecular weight excluding hydrogens is 350 g/mol. The number of halogens is 1. The molecule has 0 bridgehead atoms. The molecule has 0 spiro atoms. The maximum Gasteiger partial charge on any atom is 0.334 e. The summed E-state index contributed by atoms with van der Waals surface area (Å²) < 4.78 is 5.46. The molecule has 0 radical (unpaired) electrons. The minimum atomic E-state index is -1.53. The van der Waals surface area contributed by atoms with Crippen molar-refractivity contribution in [2.24, 2.45) is 0 Å². The van der Waals surface area contributed by atoms with Gasteiger partial charge in [-0.15, -0.1) is 0 Å². The Labute approximate surface area is 159 Å². The summed E-state index contributed by atoms with van der Waals surface area (Å²) in [5.74, 6) is -1.01. The van der Waals surface area contributed by atoms with E-state index in [1.54, 1.807) is 31.2 Å². The van der Waals surface area contributed by atoms with E-state index < -0.39 is 17.0 Å². The highest BCUT2D eigenvalue weighted by Gasteiger charge is 2.45. The van der Waals surface area contributed by atoms with Crippen LogP contribution in [0.2, 0.25) is 5.02 Å². The molecule has 0 fully saturated rings. The number of benzene rings is 2. The number of hydrogen-bond acceptors (Lipinski definition) is 4. The number of nitrogens with one attached hydrogen (secondary N) is 1. The zero-order valence-corrected chi connectivity index (χ0v) is 16.3. The van der Waals surface area contributed by atoms with Crippen molar-refractivity contribution in [1.82, 2.24) is 5.32 Å². The molecule has 4 nitrogen and oxygen atoms in total. The summed E-state index contributed by atoms with van der Waals surface area (Å²) in [6, 6.07) is 15.9. The van der Waals surface area contributed by atoms with E-state index in [1.807, 2.05) is 51.1 Å². The largest absolute Gasteiger partial charge is 0.459 e. The van der Waals surface area contributed by atoms with E-state index in [1.165, 1.54) is 0 Å². The van der Waals surface area contributed by atoms with Crippen molar-refractivity contribution in [2.45, 2.75) is 45.4 Å². The molecule has 0 aliphatic carbocycles. The Morgan fingerprint density at radius 2 is 1.65 bits per heavy atom. The minimum absolute atomic E-state index is 0.101. The third kappa shape index (κ3) is 5.16. The lowest BCUT2D eigenvalue weighted by atomic mass is 9.88. The molecular formula is C21H24ClNO3. The van der Waals surface area contributed by atoms with Gasteiger partial charge in [0.25, 0.3) is 0 Å². The molecule has 138 valence electrons. The molecule has 0 saturated heterocycles. The van der Waals surface area contributed by atoms with E-state index in [0.717, 1.165) is 5.56 Å². The van der Waals surface area contributed by atoms with Crippen LogP contribution >= 0.6 is 11.6 Å². The average molecular weight is 374 g/mol. The lowest BCUT2D eigenvalue weighted by Crippen LogP contribution is -2.62. The van der Waals surface area contributed by atoms with Gasteiger partial charge in [0.2, 0.25) is 0 Å². The summed E-state index contributed by atoms with van der Waals surface area (Å²) in [6.07, 6.45) is 0. The van der Waals surface area contributed by atoms with Crippen molar-refractivity contribution in [1.29, 1.82) is 0 Å². The molecule has 5 heteroatoms. The van der Waals surface area contributed by atoms with Gasteiger partial charge in [0.05, 0.1) is 0 Å². The molecule has 2 rings (SSSR count). The van der Waals surface area contributed by atoms with Crippen molar-refractivity contribution < 1.29 is 14.3 Å². The van der Waals surface area contributed by atoms with Crippen molar-refractivity contribution in [3.05, 3.63) is 70.7 Å². The van der Waals surface area contributed by atoms with Crippen LogP contribution in [-0.2, 0) is 16.1 Å². The highest BCUT2D eigenvalue weighted by molar-refractivity contribution is 6.31. The first-order valence-electron chi connectivity index (χ1n) is 8.43. The van der Waals surface area contributed by atoms with E-state index >= 15 is 0 Å². The number of ketones is 1. The quantitative estimate of drug-likeness (QED) is 0.463. The van der Waals surface area contributed by atoms with Crippen LogP contribution in [0.5, 0.6) is 0 Å². The predicted octanol–water partition coefficient (Wildman–Crippen LogP) is 4.41. The molecule has 0 unspecified atom stereocenters. The summed E-state index contributed by atoms with van der Waals surface area (Å²) in [6.45, 7) is 7.32. The zero-order chi connectivity index (χ0) is 19.4. The molecule has 26 heavy (non-hydrogen) atoms. The fourth-order valence-corrected chi connectivity index (χ4v) is 2.93. The van der Waals surface area contributed by atoms with E-state index in [4.69, 9.17) is 16.3 Å². The lowest BCUT2D eigenvalue weighted by Gasteiger charge is -2.34.